The molecule has 0 saturated heterocycles. The highest BCUT2D eigenvalue weighted by atomic mass is 15.0. The van der Waals surface area contributed by atoms with E-state index in [0.717, 1.165) is 6.42 Å². The zero-order valence-corrected chi connectivity index (χ0v) is 6.46. The largest absolute Gasteiger partial charge is 0.224 e. The van der Waals surface area contributed by atoms with Gasteiger partial charge in [-0.1, -0.05) is 13.8 Å². The highest BCUT2D eigenvalue weighted by molar-refractivity contribution is 5.59. The summed E-state index contributed by atoms with van der Waals surface area (Å²) in [5.41, 5.74) is 1.41. The molecule has 10 heavy (non-hydrogen) atoms. The summed E-state index contributed by atoms with van der Waals surface area (Å²) in [6, 6.07) is 2.55. The molecule has 0 radical (unpaired) electrons. The van der Waals surface area contributed by atoms with Crippen LogP contribution in [0, 0.1) is 18.4 Å². The Labute approximate surface area is 62.1 Å². The van der Waals surface area contributed by atoms with Crippen LogP contribution >= 0.6 is 0 Å². The van der Waals surface area contributed by atoms with Crippen LogP contribution in [0.5, 0.6) is 0 Å². The second kappa shape index (κ2) is 2.70. The average molecular weight is 134 g/mol. The van der Waals surface area contributed by atoms with Crippen molar-refractivity contribution in [2.75, 3.05) is 0 Å². The molecular formula is C9H12N+. The predicted octanol–water partition coefficient (Wildman–Crippen LogP) is 1.60. The molecular weight excluding hydrogens is 122 g/mol. The van der Waals surface area contributed by atoms with Gasteiger partial charge in [0.2, 0.25) is 6.04 Å². The SMILES string of the molecule is C#C[N+]1=CCC(C(C)C)=C1. The maximum Gasteiger partial charge on any atom is 0.224 e. The van der Waals surface area contributed by atoms with Crippen LogP contribution in [0.2, 0.25) is 0 Å². The van der Waals surface area contributed by atoms with E-state index in [2.05, 4.69) is 19.9 Å². The van der Waals surface area contributed by atoms with E-state index >= 15 is 0 Å². The van der Waals surface area contributed by atoms with Gasteiger partial charge in [-0.3, -0.25) is 0 Å². The number of hydrogen-bond donors (Lipinski definition) is 0. The molecule has 52 valence electrons. The second-order valence-electron chi connectivity index (χ2n) is 2.78. The molecule has 0 atom stereocenters. The van der Waals surface area contributed by atoms with E-state index in [1.807, 2.05) is 12.4 Å². The first-order valence-electron chi connectivity index (χ1n) is 3.52. The van der Waals surface area contributed by atoms with E-state index in [4.69, 9.17) is 6.42 Å². The van der Waals surface area contributed by atoms with E-state index in [9.17, 15) is 0 Å². The Hall–Kier alpha value is -1.03. The Bertz CT molecular complexity index is 226. The fraction of sp³-hybridized carbons (Fsp3) is 0.444. The first kappa shape index (κ1) is 7.08. The van der Waals surface area contributed by atoms with Crippen LogP contribution in [-0.4, -0.2) is 10.8 Å². The zero-order valence-electron chi connectivity index (χ0n) is 6.46. The van der Waals surface area contributed by atoms with Gasteiger partial charge in [-0.15, -0.1) is 4.58 Å². The van der Waals surface area contributed by atoms with E-state index in [0.29, 0.717) is 5.92 Å². The van der Waals surface area contributed by atoms with Gasteiger partial charge in [-0.25, -0.2) is 0 Å². The molecule has 1 nitrogen and oxygen atoms in total. The van der Waals surface area contributed by atoms with Gasteiger partial charge in [-0.2, -0.15) is 0 Å². The minimum atomic E-state index is 0.620. The molecule has 1 rings (SSSR count). The fourth-order valence-electron chi connectivity index (χ4n) is 0.963. The van der Waals surface area contributed by atoms with E-state index in [-0.39, 0.29) is 0 Å². The summed E-state index contributed by atoms with van der Waals surface area (Å²) >= 11 is 0. The Morgan fingerprint density at radius 1 is 1.70 bits per heavy atom. The summed E-state index contributed by atoms with van der Waals surface area (Å²) in [7, 11) is 0. The molecule has 0 aromatic carbocycles. The Balaban J connectivity index is 2.69. The number of terminal acetylenes is 1. The summed E-state index contributed by atoms with van der Waals surface area (Å²) in [4.78, 5) is 0. The molecule has 0 aromatic rings. The molecule has 0 amide bonds. The Morgan fingerprint density at radius 3 is 2.70 bits per heavy atom. The summed E-state index contributed by atoms with van der Waals surface area (Å²) in [6.07, 6.45) is 10.3. The van der Waals surface area contributed by atoms with Crippen LogP contribution in [0.3, 0.4) is 0 Å². The molecule has 0 saturated carbocycles. The Morgan fingerprint density at radius 2 is 2.40 bits per heavy atom. The highest BCUT2D eigenvalue weighted by Gasteiger charge is 2.14. The van der Waals surface area contributed by atoms with Crippen LogP contribution in [0.4, 0.5) is 0 Å². The van der Waals surface area contributed by atoms with Crippen molar-refractivity contribution in [2.45, 2.75) is 20.3 Å². The third-order valence-corrected chi connectivity index (χ3v) is 1.72. The summed E-state index contributed by atoms with van der Waals surface area (Å²) < 4.78 is 1.79. The third-order valence-electron chi connectivity index (χ3n) is 1.72. The first-order chi connectivity index (χ1) is 4.74. The topological polar surface area (TPSA) is 3.01 Å². The monoisotopic (exact) mass is 134 g/mol. The van der Waals surface area contributed by atoms with Crippen molar-refractivity contribution in [3.8, 4) is 12.5 Å². The van der Waals surface area contributed by atoms with E-state index in [1.54, 1.807) is 4.58 Å². The van der Waals surface area contributed by atoms with Crippen molar-refractivity contribution in [1.29, 1.82) is 0 Å². The number of nitrogens with zero attached hydrogens (tertiary/aromatic N) is 1. The van der Waals surface area contributed by atoms with E-state index in [1.165, 1.54) is 5.57 Å². The van der Waals surface area contributed by atoms with Crippen molar-refractivity contribution in [2.24, 2.45) is 5.92 Å². The third kappa shape index (κ3) is 1.27. The smallest absolute Gasteiger partial charge is 0.123 e. The normalized spacial score (nSPS) is 16.6. The number of hydrogen-bond acceptors (Lipinski definition) is 0. The molecule has 0 spiro atoms. The van der Waals surface area contributed by atoms with Crippen LogP contribution in [-0.2, 0) is 0 Å². The summed E-state index contributed by atoms with van der Waals surface area (Å²) in [5.74, 6) is 0.620. The maximum atomic E-state index is 5.20. The van der Waals surface area contributed by atoms with Gasteiger partial charge in [0.05, 0.1) is 6.42 Å². The lowest BCUT2D eigenvalue weighted by Crippen LogP contribution is -1.90. The van der Waals surface area contributed by atoms with E-state index < -0.39 is 0 Å². The molecule has 0 aliphatic carbocycles. The lowest BCUT2D eigenvalue weighted by atomic mass is 10.0. The molecule has 0 fully saturated rings. The van der Waals surface area contributed by atoms with Gasteiger partial charge in [0.25, 0.3) is 0 Å². The van der Waals surface area contributed by atoms with Crippen molar-refractivity contribution in [3.63, 3.8) is 0 Å². The lowest BCUT2D eigenvalue weighted by Gasteiger charge is -1.98. The second-order valence-corrected chi connectivity index (χ2v) is 2.78. The summed E-state index contributed by atoms with van der Waals surface area (Å²) in [6.45, 7) is 4.36. The molecule has 1 heterocycles. The molecule has 1 aliphatic rings. The molecule has 0 N–H and O–H groups in total. The van der Waals surface area contributed by atoms with Crippen molar-refractivity contribution in [3.05, 3.63) is 11.8 Å². The van der Waals surface area contributed by atoms with Gasteiger partial charge in [0, 0.05) is 5.57 Å². The standard InChI is InChI=1S/C9H12N/c1-4-10-6-5-9(7-10)8(2)3/h1,6-8H,5H2,2-3H3/q+1. The van der Waals surface area contributed by atoms with Crippen LogP contribution in [0.25, 0.3) is 0 Å². The average Bonchev–Trinajstić information content (AvgIpc) is 2.34. The maximum absolute atomic E-state index is 5.20. The Kier molecular flexibility index (Phi) is 1.91. The lowest BCUT2D eigenvalue weighted by molar-refractivity contribution is -0.345. The number of allylic oxidation sites excluding steroid dienone is 1. The fourth-order valence-corrected chi connectivity index (χ4v) is 0.963. The molecule has 1 aliphatic heterocycles. The van der Waals surface area contributed by atoms with Gasteiger partial charge >= 0.3 is 0 Å². The van der Waals surface area contributed by atoms with Gasteiger partial charge in [0.15, 0.2) is 12.4 Å². The van der Waals surface area contributed by atoms with Gasteiger partial charge < -0.3 is 0 Å². The molecule has 1 heteroatoms. The van der Waals surface area contributed by atoms with Gasteiger partial charge in [0.1, 0.15) is 0 Å². The minimum absolute atomic E-state index is 0.620. The van der Waals surface area contributed by atoms with Crippen LogP contribution < -0.4 is 0 Å². The van der Waals surface area contributed by atoms with Crippen LogP contribution in [0.15, 0.2) is 11.8 Å². The minimum Gasteiger partial charge on any atom is -0.123 e. The molecule has 0 aromatic heterocycles. The molecule has 0 bridgehead atoms. The number of rotatable bonds is 1. The summed E-state index contributed by atoms with van der Waals surface area (Å²) in [5, 5.41) is 0. The van der Waals surface area contributed by atoms with Crippen molar-refractivity contribution < 1.29 is 4.58 Å². The van der Waals surface area contributed by atoms with Gasteiger partial charge in [-0.05, 0) is 12.3 Å². The zero-order chi connectivity index (χ0) is 7.56. The molecule has 0 unspecified atom stereocenters. The highest BCUT2D eigenvalue weighted by Crippen LogP contribution is 2.15. The predicted molar refractivity (Wildman–Crippen MR) is 42.7 cm³/mol. The quantitative estimate of drug-likeness (QED) is 0.378. The van der Waals surface area contributed by atoms with Crippen molar-refractivity contribution in [1.82, 2.24) is 0 Å². The first-order valence-corrected chi connectivity index (χ1v) is 3.52. The van der Waals surface area contributed by atoms with Crippen molar-refractivity contribution >= 4 is 6.21 Å². The van der Waals surface area contributed by atoms with Crippen LogP contribution in [0.1, 0.15) is 20.3 Å².